The number of halogens is 4. The second-order valence-electron chi connectivity index (χ2n) is 6.95. The summed E-state index contributed by atoms with van der Waals surface area (Å²) in [5.74, 6) is 0.872. The van der Waals surface area contributed by atoms with Gasteiger partial charge >= 0.3 is 7.25 Å². The summed E-state index contributed by atoms with van der Waals surface area (Å²) in [5, 5.41) is 0. The largest absolute Gasteiger partial charge is 0.673 e. The fraction of sp³-hybridized carbons (Fsp3) is 0.0385. The van der Waals surface area contributed by atoms with Gasteiger partial charge in [-0.05, 0) is 47.5 Å². The summed E-state index contributed by atoms with van der Waals surface area (Å²) < 4.78 is 44.2. The molecule has 0 amide bonds. The molecule has 0 aliphatic carbocycles. The van der Waals surface area contributed by atoms with Crippen LogP contribution in [0, 0.1) is 0 Å². The molecule has 0 saturated carbocycles. The molecule has 0 atom stereocenters. The van der Waals surface area contributed by atoms with Crippen molar-refractivity contribution in [2.45, 2.75) is 0 Å². The minimum atomic E-state index is -6.00. The summed E-state index contributed by atoms with van der Waals surface area (Å²) in [7, 11) is -4.31. The zero-order valence-electron chi connectivity index (χ0n) is 17.8. The Labute approximate surface area is 194 Å². The molecule has 0 fully saturated rings. The third-order valence-corrected chi connectivity index (χ3v) is 5.66. The number of ether oxygens (including phenoxy) is 1. The minimum Gasteiger partial charge on any atom is -0.497 e. The smallest absolute Gasteiger partial charge is 0.497 e. The monoisotopic (exact) mass is 468 g/mol. The molecule has 0 radical (unpaired) electrons. The van der Waals surface area contributed by atoms with Crippen LogP contribution < -0.4 is 4.74 Å². The summed E-state index contributed by atoms with van der Waals surface area (Å²) in [6.07, 6.45) is 4.32. The van der Waals surface area contributed by atoms with Crippen molar-refractivity contribution in [1.29, 1.82) is 0 Å². The van der Waals surface area contributed by atoms with Crippen LogP contribution in [0.15, 0.2) is 97.1 Å². The van der Waals surface area contributed by atoms with Crippen LogP contribution >= 0.6 is 11.3 Å². The Kier molecular flexibility index (Phi) is 8.38. The van der Waals surface area contributed by atoms with Crippen LogP contribution in [-0.2, 0) is 0 Å². The molecule has 0 aliphatic rings. The van der Waals surface area contributed by atoms with Crippen molar-refractivity contribution in [3.05, 3.63) is 108 Å². The second kappa shape index (κ2) is 11.4. The third kappa shape index (κ3) is 8.20. The molecule has 1 aromatic heterocycles. The van der Waals surface area contributed by atoms with Crippen molar-refractivity contribution in [1.82, 2.24) is 0 Å². The molecule has 168 valence electrons. The topological polar surface area (TPSA) is 9.23 Å². The lowest BCUT2D eigenvalue weighted by molar-refractivity contribution is 0.368. The zero-order chi connectivity index (χ0) is 23.7. The van der Waals surface area contributed by atoms with E-state index in [1.165, 1.54) is 26.4 Å². The van der Waals surface area contributed by atoms with Gasteiger partial charge in [0.25, 0.3) is 0 Å². The SMILES string of the molecule is COc1ccc(/C=C/c2cc(-c3ccccc3)[s+]c(-c3ccccc3)c2)cc1.F[B-](F)(F)F. The molecule has 0 bridgehead atoms. The van der Waals surface area contributed by atoms with Crippen LogP contribution in [0.3, 0.4) is 0 Å². The molecular formula is C26H21BF4OS. The number of methoxy groups -OCH3 is 1. The van der Waals surface area contributed by atoms with E-state index >= 15 is 0 Å². The summed E-state index contributed by atoms with van der Waals surface area (Å²) in [4.78, 5) is 2.52. The van der Waals surface area contributed by atoms with E-state index in [1.54, 1.807) is 7.11 Å². The molecule has 3 aromatic carbocycles. The molecule has 0 unspecified atom stereocenters. The number of hydrogen-bond acceptors (Lipinski definition) is 1. The van der Waals surface area contributed by atoms with E-state index in [1.807, 2.05) is 23.5 Å². The van der Waals surface area contributed by atoms with Crippen molar-refractivity contribution in [2.24, 2.45) is 0 Å². The van der Waals surface area contributed by atoms with E-state index in [4.69, 9.17) is 4.74 Å². The van der Waals surface area contributed by atoms with E-state index in [0.29, 0.717) is 0 Å². The quantitative estimate of drug-likeness (QED) is 0.162. The van der Waals surface area contributed by atoms with Gasteiger partial charge in [0.2, 0.25) is 21.1 Å². The third-order valence-electron chi connectivity index (χ3n) is 4.52. The highest BCUT2D eigenvalue weighted by molar-refractivity contribution is 7.18. The van der Waals surface area contributed by atoms with Crippen LogP contribution in [0.5, 0.6) is 5.75 Å². The molecule has 0 saturated heterocycles. The van der Waals surface area contributed by atoms with Crippen molar-refractivity contribution in [3.63, 3.8) is 0 Å². The van der Waals surface area contributed by atoms with Crippen molar-refractivity contribution < 1.29 is 22.0 Å². The summed E-state index contributed by atoms with van der Waals surface area (Å²) in [6.45, 7) is 0. The van der Waals surface area contributed by atoms with Crippen LogP contribution in [0.2, 0.25) is 0 Å². The Hall–Kier alpha value is -3.45. The maximum atomic E-state index is 9.75. The molecule has 4 rings (SSSR count). The molecule has 1 heterocycles. The highest BCUT2D eigenvalue weighted by Gasteiger charge is 2.20. The first-order valence-electron chi connectivity index (χ1n) is 10.1. The van der Waals surface area contributed by atoms with Crippen molar-refractivity contribution in [3.8, 4) is 26.6 Å². The van der Waals surface area contributed by atoms with Crippen LogP contribution in [0.4, 0.5) is 17.3 Å². The lowest BCUT2D eigenvalue weighted by Crippen LogP contribution is -2.02. The molecule has 33 heavy (non-hydrogen) atoms. The Bertz CT molecular complexity index is 1110. The summed E-state index contributed by atoms with van der Waals surface area (Å²) in [5.41, 5.74) is 4.82. The molecule has 0 N–H and O–H groups in total. The number of rotatable bonds is 5. The predicted molar refractivity (Wildman–Crippen MR) is 132 cm³/mol. The van der Waals surface area contributed by atoms with E-state index in [9.17, 15) is 17.3 Å². The summed E-state index contributed by atoms with van der Waals surface area (Å²) >= 11 is 1.82. The van der Waals surface area contributed by atoms with Gasteiger partial charge in [0.1, 0.15) is 5.75 Å². The van der Waals surface area contributed by atoms with E-state index < -0.39 is 7.25 Å². The van der Waals surface area contributed by atoms with Crippen LogP contribution in [-0.4, -0.2) is 14.4 Å². The van der Waals surface area contributed by atoms with Gasteiger partial charge in [0.05, 0.1) is 7.11 Å². The number of hydrogen-bond donors (Lipinski definition) is 0. The normalized spacial score (nSPS) is 11.1. The van der Waals surface area contributed by atoms with Crippen LogP contribution in [0.25, 0.3) is 33.0 Å². The standard InChI is InChI=1S/C26H21OS.BF4/c1-27-24-16-14-20(15-17-24)12-13-21-18-25(22-8-4-2-5-9-22)28-26(19-21)23-10-6-3-7-11-23;2-1(3,4)5/h2-19H,1H3;/q+1;-1/b13-12+;. The fourth-order valence-electron chi connectivity index (χ4n) is 3.01. The first kappa shape index (κ1) is 24.2. The molecule has 1 nitrogen and oxygen atoms in total. The van der Waals surface area contributed by atoms with E-state index in [2.05, 4.69) is 97.1 Å². The van der Waals surface area contributed by atoms with Crippen molar-refractivity contribution >= 4 is 30.7 Å². The van der Waals surface area contributed by atoms with Gasteiger partial charge in [-0.2, -0.15) is 0 Å². The zero-order valence-corrected chi connectivity index (χ0v) is 18.6. The first-order chi connectivity index (χ1) is 15.8. The Morgan fingerprint density at radius 3 is 1.48 bits per heavy atom. The van der Waals surface area contributed by atoms with Gasteiger partial charge in [-0.25, -0.2) is 0 Å². The molecular weight excluding hydrogens is 447 g/mol. The fourth-order valence-corrected chi connectivity index (χ4v) is 4.15. The van der Waals surface area contributed by atoms with Crippen LogP contribution in [0.1, 0.15) is 11.1 Å². The Morgan fingerprint density at radius 1 is 0.636 bits per heavy atom. The first-order valence-corrected chi connectivity index (χ1v) is 10.9. The molecule has 0 aliphatic heterocycles. The lowest BCUT2D eigenvalue weighted by Gasteiger charge is -2.00. The highest BCUT2D eigenvalue weighted by Crippen LogP contribution is 2.34. The van der Waals surface area contributed by atoms with Gasteiger partial charge in [-0.15, -0.1) is 0 Å². The second-order valence-corrected chi connectivity index (χ2v) is 8.04. The lowest BCUT2D eigenvalue weighted by atomic mass is 10.1. The molecule has 4 aromatic rings. The van der Waals surface area contributed by atoms with Gasteiger partial charge in [0.15, 0.2) is 0 Å². The van der Waals surface area contributed by atoms with Gasteiger partial charge < -0.3 is 22.0 Å². The molecule has 0 spiro atoms. The van der Waals surface area contributed by atoms with Gasteiger partial charge in [-0.3, -0.25) is 0 Å². The highest BCUT2D eigenvalue weighted by atomic mass is 32.1. The average molecular weight is 468 g/mol. The van der Waals surface area contributed by atoms with E-state index in [0.717, 1.165) is 11.3 Å². The van der Waals surface area contributed by atoms with E-state index in [-0.39, 0.29) is 0 Å². The molecule has 7 heteroatoms. The average Bonchev–Trinajstić information content (AvgIpc) is 2.83. The maximum Gasteiger partial charge on any atom is 0.673 e. The van der Waals surface area contributed by atoms with Gasteiger partial charge in [-0.1, -0.05) is 60.7 Å². The Morgan fingerprint density at radius 2 is 1.06 bits per heavy atom. The predicted octanol–water partition coefficient (Wildman–Crippen LogP) is 8.84. The summed E-state index contributed by atoms with van der Waals surface area (Å²) in [6, 6.07) is 33.7. The number of benzene rings is 3. The maximum absolute atomic E-state index is 9.75. The van der Waals surface area contributed by atoms with Crippen molar-refractivity contribution in [2.75, 3.05) is 7.11 Å². The Balaban J connectivity index is 0.000000555. The minimum absolute atomic E-state index is 0.872. The van der Waals surface area contributed by atoms with Gasteiger partial charge in [0, 0.05) is 23.3 Å².